The molecule has 2 N–H and O–H groups in total. The van der Waals surface area contributed by atoms with E-state index in [1.54, 1.807) is 11.0 Å². The van der Waals surface area contributed by atoms with Crippen LogP contribution in [0.15, 0.2) is 42.9 Å². The number of likely N-dealkylation sites (tertiary alicyclic amines) is 1. The van der Waals surface area contributed by atoms with Gasteiger partial charge in [-0.25, -0.2) is 4.98 Å². The van der Waals surface area contributed by atoms with Gasteiger partial charge in [-0.15, -0.1) is 0 Å². The minimum atomic E-state index is -0.637. The van der Waals surface area contributed by atoms with Gasteiger partial charge in [0.15, 0.2) is 0 Å². The highest BCUT2D eigenvalue weighted by Gasteiger charge is 2.42. The number of carbonyl (C=O) groups excluding carboxylic acids is 2. The largest absolute Gasteiger partial charge is 0.361 e. The first-order valence-electron chi connectivity index (χ1n) is 7.92. The molecule has 1 aromatic carbocycles. The fraction of sp³-hybridized carbons (Fsp3) is 0.294. The molecule has 0 radical (unpaired) electrons. The Morgan fingerprint density at radius 3 is 2.92 bits per heavy atom. The van der Waals surface area contributed by atoms with Crippen LogP contribution in [0.5, 0.6) is 0 Å². The first kappa shape index (κ1) is 14.6. The molecule has 0 bridgehead atoms. The number of rotatable bonds is 1. The average molecular weight is 323 g/mol. The van der Waals surface area contributed by atoms with E-state index >= 15 is 0 Å². The number of para-hydroxylation sites is 1. The van der Waals surface area contributed by atoms with Gasteiger partial charge in [0.25, 0.3) is 11.8 Å². The fourth-order valence-corrected chi connectivity index (χ4v) is 3.37. The molecule has 1 fully saturated rings. The number of hydrogen-bond donors (Lipinski definition) is 2. The third-order valence-corrected chi connectivity index (χ3v) is 4.46. The summed E-state index contributed by atoms with van der Waals surface area (Å²) in [6, 6.07) is 7.40. The zero-order valence-electron chi connectivity index (χ0n) is 13.0. The zero-order chi connectivity index (χ0) is 16.6. The zero-order valence-corrected chi connectivity index (χ0v) is 13.0. The number of carbonyl (C=O) groups is 2. The first-order chi connectivity index (χ1) is 11.7. The minimum absolute atomic E-state index is 0.113. The summed E-state index contributed by atoms with van der Waals surface area (Å²) in [6.07, 6.45) is 6.06. The number of anilines is 1. The van der Waals surface area contributed by atoms with Crippen molar-refractivity contribution >= 4 is 17.5 Å². The lowest BCUT2D eigenvalue weighted by Crippen LogP contribution is -2.66. The Balaban J connectivity index is 1.59. The summed E-state index contributed by atoms with van der Waals surface area (Å²) in [4.78, 5) is 34.8. The summed E-state index contributed by atoms with van der Waals surface area (Å²) in [5.41, 5.74) is 1.11. The first-order valence-corrected chi connectivity index (χ1v) is 7.92. The van der Waals surface area contributed by atoms with E-state index in [2.05, 4.69) is 20.6 Å². The molecular weight excluding hydrogens is 306 g/mol. The highest BCUT2D eigenvalue weighted by molar-refractivity contribution is 6.02. The molecule has 0 unspecified atom stereocenters. The molecule has 2 amide bonds. The molecule has 2 aliphatic heterocycles. The number of hydrogen-bond acceptors (Lipinski definition) is 5. The Morgan fingerprint density at radius 2 is 2.08 bits per heavy atom. The maximum atomic E-state index is 12.6. The van der Waals surface area contributed by atoms with Crippen LogP contribution >= 0.6 is 0 Å². The molecular formula is C17H17N5O2. The Labute approximate surface area is 139 Å². The molecule has 7 heteroatoms. The Bertz CT molecular complexity index is 795. The summed E-state index contributed by atoms with van der Waals surface area (Å²) in [6.45, 7) is 1.03. The van der Waals surface area contributed by atoms with Gasteiger partial charge in [-0.1, -0.05) is 12.1 Å². The summed E-state index contributed by atoms with van der Waals surface area (Å²) in [5, 5.41) is 6.46. The lowest BCUT2D eigenvalue weighted by Gasteiger charge is -2.46. The molecule has 4 rings (SSSR count). The van der Waals surface area contributed by atoms with Crippen LogP contribution in [-0.4, -0.2) is 45.4 Å². The van der Waals surface area contributed by atoms with Gasteiger partial charge in [-0.3, -0.25) is 14.6 Å². The van der Waals surface area contributed by atoms with Crippen LogP contribution in [0.2, 0.25) is 0 Å². The molecule has 0 aliphatic carbocycles. The van der Waals surface area contributed by atoms with Gasteiger partial charge in [0.2, 0.25) is 0 Å². The lowest BCUT2D eigenvalue weighted by atomic mass is 9.93. The van der Waals surface area contributed by atoms with Crippen molar-refractivity contribution in [2.45, 2.75) is 18.5 Å². The maximum absolute atomic E-state index is 12.6. The summed E-state index contributed by atoms with van der Waals surface area (Å²) < 4.78 is 0. The Hall–Kier alpha value is -2.96. The van der Waals surface area contributed by atoms with Gasteiger partial charge < -0.3 is 15.5 Å². The van der Waals surface area contributed by atoms with E-state index in [0.29, 0.717) is 24.3 Å². The van der Waals surface area contributed by atoms with Gasteiger partial charge in [0.05, 0.1) is 18.3 Å². The van der Waals surface area contributed by atoms with E-state index in [-0.39, 0.29) is 11.8 Å². The normalized spacial score (nSPS) is 22.5. The van der Waals surface area contributed by atoms with Crippen molar-refractivity contribution in [2.24, 2.45) is 0 Å². The monoisotopic (exact) mass is 323 g/mol. The molecule has 2 aromatic rings. The van der Waals surface area contributed by atoms with Crippen LogP contribution < -0.4 is 10.6 Å². The van der Waals surface area contributed by atoms with Crippen molar-refractivity contribution in [3.8, 4) is 0 Å². The lowest BCUT2D eigenvalue weighted by molar-refractivity contribution is 0.0587. The number of piperidine rings is 1. The van der Waals surface area contributed by atoms with Crippen molar-refractivity contribution < 1.29 is 9.59 Å². The van der Waals surface area contributed by atoms with E-state index in [1.165, 1.54) is 18.6 Å². The van der Waals surface area contributed by atoms with Gasteiger partial charge in [0, 0.05) is 24.6 Å². The predicted molar refractivity (Wildman–Crippen MR) is 87.4 cm³/mol. The third-order valence-electron chi connectivity index (χ3n) is 4.46. The van der Waals surface area contributed by atoms with Crippen LogP contribution in [-0.2, 0) is 0 Å². The van der Waals surface area contributed by atoms with Crippen LogP contribution in [0.3, 0.4) is 0 Å². The van der Waals surface area contributed by atoms with E-state index < -0.39 is 5.66 Å². The average Bonchev–Trinajstić information content (AvgIpc) is 2.62. The highest BCUT2D eigenvalue weighted by Crippen LogP contribution is 2.30. The molecule has 0 saturated carbocycles. The van der Waals surface area contributed by atoms with Crippen LogP contribution in [0, 0.1) is 0 Å². The molecule has 3 heterocycles. The smallest absolute Gasteiger partial charge is 0.274 e. The number of benzene rings is 1. The summed E-state index contributed by atoms with van der Waals surface area (Å²) in [5.74, 6) is -0.282. The van der Waals surface area contributed by atoms with Gasteiger partial charge >= 0.3 is 0 Å². The van der Waals surface area contributed by atoms with Crippen molar-refractivity contribution in [2.75, 3.05) is 18.4 Å². The second-order valence-corrected chi connectivity index (χ2v) is 6.13. The predicted octanol–water partition coefficient (Wildman–Crippen LogP) is 1.26. The van der Waals surface area contributed by atoms with Crippen molar-refractivity contribution in [1.29, 1.82) is 0 Å². The molecule has 7 nitrogen and oxygen atoms in total. The quantitative estimate of drug-likeness (QED) is 0.825. The number of nitrogens with one attached hydrogen (secondary N) is 2. The second kappa shape index (κ2) is 5.59. The number of amides is 2. The number of fused-ring (bicyclic) bond motifs is 1. The Morgan fingerprint density at radius 1 is 1.21 bits per heavy atom. The highest BCUT2D eigenvalue weighted by atomic mass is 16.2. The van der Waals surface area contributed by atoms with Gasteiger partial charge in [0.1, 0.15) is 11.4 Å². The SMILES string of the molecule is O=C1N[C@]2(CCCN(C(=O)c3cnccn3)C2)Nc2ccccc21. The third kappa shape index (κ3) is 2.47. The number of nitrogens with zero attached hydrogens (tertiary/aromatic N) is 3. The second-order valence-electron chi connectivity index (χ2n) is 6.13. The van der Waals surface area contributed by atoms with Crippen molar-refractivity contribution in [3.63, 3.8) is 0 Å². The van der Waals surface area contributed by atoms with Crippen LogP contribution in [0.4, 0.5) is 5.69 Å². The molecule has 24 heavy (non-hydrogen) atoms. The maximum Gasteiger partial charge on any atom is 0.274 e. The van der Waals surface area contributed by atoms with Crippen LogP contribution in [0.1, 0.15) is 33.7 Å². The standard InChI is InChI=1S/C17H17N5O2/c23-15-12-4-1-2-5-13(12)20-17(21-15)6-3-9-22(11-17)16(24)14-10-18-7-8-19-14/h1-2,4-5,7-8,10,20H,3,6,9,11H2,(H,21,23)/t17-/m0/s1. The van der Waals surface area contributed by atoms with Gasteiger partial charge in [-0.05, 0) is 25.0 Å². The van der Waals surface area contributed by atoms with E-state index in [0.717, 1.165) is 18.5 Å². The Kier molecular flexibility index (Phi) is 3.41. The van der Waals surface area contributed by atoms with Crippen molar-refractivity contribution in [3.05, 3.63) is 54.1 Å². The summed E-state index contributed by atoms with van der Waals surface area (Å²) >= 11 is 0. The molecule has 122 valence electrons. The van der Waals surface area contributed by atoms with E-state index in [1.807, 2.05) is 18.2 Å². The molecule has 1 saturated heterocycles. The van der Waals surface area contributed by atoms with E-state index in [4.69, 9.17) is 0 Å². The topological polar surface area (TPSA) is 87.2 Å². The van der Waals surface area contributed by atoms with E-state index in [9.17, 15) is 9.59 Å². The fourth-order valence-electron chi connectivity index (χ4n) is 3.37. The van der Waals surface area contributed by atoms with Gasteiger partial charge in [-0.2, -0.15) is 0 Å². The molecule has 1 aromatic heterocycles. The van der Waals surface area contributed by atoms with Crippen molar-refractivity contribution in [1.82, 2.24) is 20.2 Å². The molecule has 1 spiro atoms. The summed E-state index contributed by atoms with van der Waals surface area (Å²) in [7, 11) is 0. The molecule has 2 aliphatic rings. The minimum Gasteiger partial charge on any atom is -0.361 e. The number of aromatic nitrogens is 2. The van der Waals surface area contributed by atoms with Crippen LogP contribution in [0.25, 0.3) is 0 Å². The molecule has 1 atom stereocenters.